The number of esters is 1. The van der Waals surface area contributed by atoms with Crippen LogP contribution < -0.4 is 5.32 Å². The summed E-state index contributed by atoms with van der Waals surface area (Å²) < 4.78 is 31.6. The smallest absolute Gasteiger partial charge is 0.344 e. The number of carbonyl (C=O) groups is 2. The third kappa shape index (κ3) is 4.90. The highest BCUT2D eigenvalue weighted by Crippen LogP contribution is 2.26. The van der Waals surface area contributed by atoms with E-state index >= 15 is 0 Å². The van der Waals surface area contributed by atoms with E-state index in [2.05, 4.69) is 10.1 Å². The van der Waals surface area contributed by atoms with E-state index in [1.165, 1.54) is 6.07 Å². The second kappa shape index (κ2) is 8.27. The third-order valence-electron chi connectivity index (χ3n) is 3.31. The molecular weight excluding hydrogens is 375 g/mol. The lowest BCUT2D eigenvalue weighted by molar-refractivity contribution is -0.124. The number of benzene rings is 2. The average Bonchev–Trinajstić information content (AvgIpc) is 2.52. The molecule has 0 aliphatic rings. The molecule has 1 atom stereocenters. The van der Waals surface area contributed by atoms with Crippen LogP contribution in [0.25, 0.3) is 0 Å². The maximum Gasteiger partial charge on any atom is 0.344 e. The van der Waals surface area contributed by atoms with Crippen LogP contribution >= 0.6 is 23.2 Å². The molecule has 4 nitrogen and oxygen atoms in total. The van der Waals surface area contributed by atoms with Gasteiger partial charge in [0.05, 0.1) is 6.04 Å². The van der Waals surface area contributed by atoms with Crippen LogP contribution in [0.1, 0.15) is 28.9 Å². The normalized spacial score (nSPS) is 11.7. The Morgan fingerprint density at radius 1 is 1.16 bits per heavy atom. The maximum atomic E-state index is 13.5. The van der Waals surface area contributed by atoms with Gasteiger partial charge in [0, 0.05) is 10.0 Å². The van der Waals surface area contributed by atoms with E-state index in [0.29, 0.717) is 15.6 Å². The molecule has 0 aromatic heterocycles. The van der Waals surface area contributed by atoms with Crippen molar-refractivity contribution < 1.29 is 23.1 Å². The highest BCUT2D eigenvalue weighted by Gasteiger charge is 2.20. The van der Waals surface area contributed by atoms with E-state index in [-0.39, 0.29) is 0 Å². The molecule has 0 spiro atoms. The van der Waals surface area contributed by atoms with Crippen molar-refractivity contribution in [3.63, 3.8) is 0 Å². The SMILES string of the molecule is CC(NC(=O)COC(=O)c1c(F)cccc1F)c1ccc(Cl)cc1Cl. The van der Waals surface area contributed by atoms with Crippen LogP contribution in [0.2, 0.25) is 10.0 Å². The molecule has 2 rings (SSSR count). The molecule has 0 saturated carbocycles. The Hall–Kier alpha value is -2.18. The second-order valence-corrected chi connectivity index (χ2v) is 5.97. The molecule has 1 N–H and O–H groups in total. The van der Waals surface area contributed by atoms with Crippen molar-refractivity contribution >= 4 is 35.1 Å². The Balaban J connectivity index is 1.95. The van der Waals surface area contributed by atoms with Crippen LogP contribution in [0.4, 0.5) is 8.78 Å². The van der Waals surface area contributed by atoms with Crippen LogP contribution in [0, 0.1) is 11.6 Å². The van der Waals surface area contributed by atoms with E-state index in [1.807, 2.05) is 0 Å². The van der Waals surface area contributed by atoms with Gasteiger partial charge < -0.3 is 10.1 Å². The summed E-state index contributed by atoms with van der Waals surface area (Å²) >= 11 is 11.9. The van der Waals surface area contributed by atoms with Crippen LogP contribution in [0.3, 0.4) is 0 Å². The van der Waals surface area contributed by atoms with Gasteiger partial charge in [-0.05, 0) is 36.8 Å². The van der Waals surface area contributed by atoms with Gasteiger partial charge >= 0.3 is 5.97 Å². The van der Waals surface area contributed by atoms with E-state index in [4.69, 9.17) is 23.2 Å². The lowest BCUT2D eigenvalue weighted by atomic mass is 10.1. The van der Waals surface area contributed by atoms with Crippen molar-refractivity contribution in [1.82, 2.24) is 5.32 Å². The lowest BCUT2D eigenvalue weighted by Gasteiger charge is -2.16. The highest BCUT2D eigenvalue weighted by atomic mass is 35.5. The number of hydrogen-bond acceptors (Lipinski definition) is 3. The summed E-state index contributed by atoms with van der Waals surface area (Å²) in [6, 6.07) is 7.27. The van der Waals surface area contributed by atoms with Gasteiger partial charge in [-0.2, -0.15) is 0 Å². The fourth-order valence-electron chi connectivity index (χ4n) is 2.11. The Morgan fingerprint density at radius 3 is 2.40 bits per heavy atom. The van der Waals surface area contributed by atoms with Crippen LogP contribution in [-0.4, -0.2) is 18.5 Å². The number of nitrogens with one attached hydrogen (secondary N) is 1. The van der Waals surface area contributed by atoms with E-state index in [9.17, 15) is 18.4 Å². The number of amides is 1. The average molecular weight is 388 g/mol. The van der Waals surface area contributed by atoms with Crippen molar-refractivity contribution in [3.05, 3.63) is 69.2 Å². The number of carbonyl (C=O) groups excluding carboxylic acids is 2. The minimum absolute atomic E-state index is 0.366. The first-order valence-corrected chi connectivity index (χ1v) is 7.90. The molecule has 0 fully saturated rings. The van der Waals surface area contributed by atoms with Crippen LogP contribution in [-0.2, 0) is 9.53 Å². The second-order valence-electron chi connectivity index (χ2n) is 5.13. The minimum Gasteiger partial charge on any atom is -0.452 e. The largest absolute Gasteiger partial charge is 0.452 e. The molecule has 25 heavy (non-hydrogen) atoms. The number of ether oxygens (including phenoxy) is 1. The molecule has 2 aromatic rings. The predicted octanol–water partition coefficient (Wildman–Crippen LogP) is 4.31. The first-order valence-electron chi connectivity index (χ1n) is 7.15. The summed E-state index contributed by atoms with van der Waals surface area (Å²) in [5.41, 5.74) is -0.227. The van der Waals surface area contributed by atoms with Gasteiger partial charge in [0.15, 0.2) is 6.61 Å². The summed E-state index contributed by atoms with van der Waals surface area (Å²) in [6.07, 6.45) is 0. The van der Waals surface area contributed by atoms with E-state index in [1.54, 1.807) is 19.1 Å². The van der Waals surface area contributed by atoms with Crippen molar-refractivity contribution in [1.29, 1.82) is 0 Å². The summed E-state index contributed by atoms with van der Waals surface area (Å²) in [5, 5.41) is 3.38. The van der Waals surface area contributed by atoms with Crippen molar-refractivity contribution in [2.24, 2.45) is 0 Å². The maximum absolute atomic E-state index is 13.5. The molecule has 1 amide bonds. The molecule has 0 bridgehead atoms. The zero-order valence-corrected chi connectivity index (χ0v) is 14.5. The first kappa shape index (κ1) is 19.1. The van der Waals surface area contributed by atoms with Crippen molar-refractivity contribution in [2.75, 3.05) is 6.61 Å². The standard InChI is InChI=1S/C17H13Cl2F2NO3/c1-9(11-6-5-10(18)7-12(11)19)22-15(23)8-25-17(24)16-13(20)3-2-4-14(16)21/h2-7,9H,8H2,1H3,(H,22,23). The molecule has 0 heterocycles. The summed E-state index contributed by atoms with van der Waals surface area (Å²) in [5.74, 6) is -4.04. The summed E-state index contributed by atoms with van der Waals surface area (Å²) in [7, 11) is 0. The van der Waals surface area contributed by atoms with Gasteiger partial charge in [0.2, 0.25) is 0 Å². The van der Waals surface area contributed by atoms with Gasteiger partial charge in [-0.25, -0.2) is 13.6 Å². The Kier molecular flexibility index (Phi) is 6.33. The first-order chi connectivity index (χ1) is 11.8. The number of halogens is 4. The zero-order valence-electron chi connectivity index (χ0n) is 13.0. The Morgan fingerprint density at radius 2 is 1.80 bits per heavy atom. The van der Waals surface area contributed by atoms with Gasteiger partial charge in [0.1, 0.15) is 17.2 Å². The number of hydrogen-bond donors (Lipinski definition) is 1. The van der Waals surface area contributed by atoms with Crippen molar-refractivity contribution in [3.8, 4) is 0 Å². The molecule has 8 heteroatoms. The summed E-state index contributed by atoms with van der Waals surface area (Å²) in [4.78, 5) is 23.6. The predicted molar refractivity (Wildman–Crippen MR) is 89.7 cm³/mol. The fraction of sp³-hybridized carbons (Fsp3) is 0.176. The van der Waals surface area contributed by atoms with Gasteiger partial charge in [0.25, 0.3) is 5.91 Å². The van der Waals surface area contributed by atoms with E-state index < -0.39 is 41.7 Å². The monoisotopic (exact) mass is 387 g/mol. The molecule has 0 radical (unpaired) electrons. The quantitative estimate of drug-likeness (QED) is 0.777. The van der Waals surface area contributed by atoms with Gasteiger partial charge in [-0.1, -0.05) is 35.3 Å². The zero-order chi connectivity index (χ0) is 18.6. The Bertz CT molecular complexity index is 794. The Labute approximate surface area is 152 Å². The summed E-state index contributed by atoms with van der Waals surface area (Å²) in [6.45, 7) is 0.980. The molecule has 1 unspecified atom stereocenters. The minimum atomic E-state index is -1.26. The fourth-order valence-corrected chi connectivity index (χ4v) is 2.68. The topological polar surface area (TPSA) is 55.4 Å². The van der Waals surface area contributed by atoms with Gasteiger partial charge in [-0.3, -0.25) is 4.79 Å². The van der Waals surface area contributed by atoms with Crippen molar-refractivity contribution in [2.45, 2.75) is 13.0 Å². The molecule has 0 aliphatic carbocycles. The van der Waals surface area contributed by atoms with E-state index in [0.717, 1.165) is 18.2 Å². The molecule has 132 valence electrons. The molecule has 0 aliphatic heterocycles. The molecule has 0 saturated heterocycles. The highest BCUT2D eigenvalue weighted by molar-refractivity contribution is 6.35. The van der Waals surface area contributed by atoms with Crippen LogP contribution in [0.15, 0.2) is 36.4 Å². The molecule has 2 aromatic carbocycles. The lowest BCUT2D eigenvalue weighted by Crippen LogP contribution is -2.31. The number of rotatable bonds is 5. The molecular formula is C17H13Cl2F2NO3. The van der Waals surface area contributed by atoms with Gasteiger partial charge in [-0.15, -0.1) is 0 Å². The van der Waals surface area contributed by atoms with Crippen LogP contribution in [0.5, 0.6) is 0 Å². The third-order valence-corrected chi connectivity index (χ3v) is 3.87.